The first-order chi connectivity index (χ1) is 8.53. The SMILES string of the molecule is CC1CC1NS(=O)(=O)c1cncc(C#CCO)c1. The van der Waals surface area contributed by atoms with Crippen LogP contribution in [-0.2, 0) is 10.0 Å². The third-order valence-corrected chi connectivity index (χ3v) is 4.21. The van der Waals surface area contributed by atoms with Crippen LogP contribution in [0.1, 0.15) is 18.9 Å². The molecule has 1 aliphatic rings. The summed E-state index contributed by atoms with van der Waals surface area (Å²) < 4.78 is 26.6. The van der Waals surface area contributed by atoms with Gasteiger partial charge in [-0.15, -0.1) is 0 Å². The molecular weight excluding hydrogens is 252 g/mol. The molecule has 0 bridgehead atoms. The van der Waals surface area contributed by atoms with Gasteiger partial charge in [-0.2, -0.15) is 0 Å². The van der Waals surface area contributed by atoms with E-state index in [1.54, 1.807) is 0 Å². The fourth-order valence-corrected chi connectivity index (χ4v) is 2.87. The second kappa shape index (κ2) is 5.06. The Labute approximate surface area is 106 Å². The molecule has 1 fully saturated rings. The number of sulfonamides is 1. The smallest absolute Gasteiger partial charge is 0.242 e. The van der Waals surface area contributed by atoms with E-state index in [9.17, 15) is 8.42 Å². The molecule has 2 rings (SSSR count). The highest BCUT2D eigenvalue weighted by Gasteiger charge is 2.36. The Morgan fingerprint density at radius 1 is 1.56 bits per heavy atom. The fraction of sp³-hybridized carbons (Fsp3) is 0.417. The maximum atomic E-state index is 12.0. The van der Waals surface area contributed by atoms with E-state index < -0.39 is 10.0 Å². The van der Waals surface area contributed by atoms with Crippen molar-refractivity contribution in [1.29, 1.82) is 0 Å². The number of rotatable bonds is 3. The number of aromatic nitrogens is 1. The number of nitrogens with one attached hydrogen (secondary N) is 1. The molecule has 1 saturated carbocycles. The lowest BCUT2D eigenvalue weighted by atomic mass is 10.3. The summed E-state index contributed by atoms with van der Waals surface area (Å²) in [6.07, 6.45) is 3.62. The van der Waals surface area contributed by atoms with Gasteiger partial charge < -0.3 is 5.11 Å². The molecule has 1 heterocycles. The maximum Gasteiger partial charge on any atom is 0.242 e. The van der Waals surface area contributed by atoms with Gasteiger partial charge in [0, 0.05) is 24.0 Å². The summed E-state index contributed by atoms with van der Waals surface area (Å²) >= 11 is 0. The summed E-state index contributed by atoms with van der Waals surface area (Å²) in [7, 11) is -3.52. The Morgan fingerprint density at radius 3 is 2.89 bits per heavy atom. The van der Waals surface area contributed by atoms with Crippen molar-refractivity contribution in [2.75, 3.05) is 6.61 Å². The minimum atomic E-state index is -3.52. The van der Waals surface area contributed by atoms with Gasteiger partial charge in [0.05, 0.1) is 0 Å². The van der Waals surface area contributed by atoms with E-state index in [1.807, 2.05) is 6.92 Å². The van der Waals surface area contributed by atoms with Gasteiger partial charge in [0.1, 0.15) is 11.5 Å². The number of nitrogens with zero attached hydrogens (tertiary/aromatic N) is 1. The van der Waals surface area contributed by atoms with Crippen LogP contribution in [0.25, 0.3) is 0 Å². The lowest BCUT2D eigenvalue weighted by molar-refractivity contribution is 0.350. The normalized spacial score (nSPS) is 22.1. The standard InChI is InChI=1S/C12H14N2O3S/c1-9-5-12(9)14-18(16,17)11-6-10(3-2-4-15)7-13-8-11/h6-9,12,14-15H,4-5H2,1H3. The van der Waals surface area contributed by atoms with Crippen LogP contribution in [0.2, 0.25) is 0 Å². The van der Waals surface area contributed by atoms with Gasteiger partial charge in [0.2, 0.25) is 10.0 Å². The Kier molecular flexibility index (Phi) is 3.66. The summed E-state index contributed by atoms with van der Waals surface area (Å²) in [6, 6.07) is 1.48. The van der Waals surface area contributed by atoms with E-state index in [0.717, 1.165) is 6.42 Å². The lowest BCUT2D eigenvalue weighted by Gasteiger charge is -2.05. The molecule has 6 heteroatoms. The lowest BCUT2D eigenvalue weighted by Crippen LogP contribution is -2.27. The molecule has 18 heavy (non-hydrogen) atoms. The molecule has 1 aromatic heterocycles. The van der Waals surface area contributed by atoms with Gasteiger partial charge in [-0.25, -0.2) is 13.1 Å². The van der Waals surface area contributed by atoms with Crippen LogP contribution in [0.5, 0.6) is 0 Å². The van der Waals surface area contributed by atoms with Crippen molar-refractivity contribution in [3.63, 3.8) is 0 Å². The second-order valence-electron chi connectivity index (χ2n) is 4.31. The van der Waals surface area contributed by atoms with Crippen molar-refractivity contribution in [2.45, 2.75) is 24.3 Å². The van der Waals surface area contributed by atoms with E-state index in [4.69, 9.17) is 5.11 Å². The average Bonchev–Trinajstić information content (AvgIpc) is 3.02. The molecular formula is C12H14N2O3S. The summed E-state index contributed by atoms with van der Waals surface area (Å²) in [5.41, 5.74) is 0.468. The van der Waals surface area contributed by atoms with Crippen molar-refractivity contribution in [3.05, 3.63) is 24.0 Å². The van der Waals surface area contributed by atoms with Crippen molar-refractivity contribution < 1.29 is 13.5 Å². The fourth-order valence-electron chi connectivity index (χ4n) is 1.53. The van der Waals surface area contributed by atoms with E-state index in [-0.39, 0.29) is 17.5 Å². The van der Waals surface area contributed by atoms with Crippen LogP contribution < -0.4 is 4.72 Å². The zero-order valence-electron chi connectivity index (χ0n) is 9.92. The van der Waals surface area contributed by atoms with Crippen molar-refractivity contribution in [2.24, 2.45) is 5.92 Å². The average molecular weight is 266 g/mol. The van der Waals surface area contributed by atoms with Crippen molar-refractivity contribution in [3.8, 4) is 11.8 Å². The molecule has 0 aliphatic heterocycles. The van der Waals surface area contributed by atoms with E-state index >= 15 is 0 Å². The number of aliphatic hydroxyl groups excluding tert-OH is 1. The van der Waals surface area contributed by atoms with Crippen LogP contribution >= 0.6 is 0 Å². The maximum absolute atomic E-state index is 12.0. The van der Waals surface area contributed by atoms with Crippen molar-refractivity contribution >= 4 is 10.0 Å². The molecule has 2 unspecified atom stereocenters. The number of aliphatic hydroxyl groups is 1. The molecule has 96 valence electrons. The molecule has 0 amide bonds. The monoisotopic (exact) mass is 266 g/mol. The predicted molar refractivity (Wildman–Crippen MR) is 66.1 cm³/mol. The Bertz CT molecular complexity index is 601. The predicted octanol–water partition coefficient (Wildman–Crippen LogP) is 0.112. The third-order valence-electron chi connectivity index (χ3n) is 2.75. The number of hydrogen-bond acceptors (Lipinski definition) is 4. The first-order valence-corrected chi connectivity index (χ1v) is 7.08. The van der Waals surface area contributed by atoms with Crippen LogP contribution in [0.3, 0.4) is 0 Å². The van der Waals surface area contributed by atoms with Crippen LogP contribution in [-0.4, -0.2) is 31.2 Å². The first kappa shape index (κ1) is 13.0. The highest BCUT2D eigenvalue weighted by Crippen LogP contribution is 2.30. The Morgan fingerprint density at radius 2 is 2.28 bits per heavy atom. The zero-order valence-corrected chi connectivity index (χ0v) is 10.7. The minimum Gasteiger partial charge on any atom is -0.384 e. The minimum absolute atomic E-state index is 0.0298. The molecule has 1 aromatic rings. The molecule has 0 radical (unpaired) electrons. The van der Waals surface area contributed by atoms with Gasteiger partial charge in [-0.3, -0.25) is 4.98 Å². The summed E-state index contributed by atoms with van der Waals surface area (Å²) in [4.78, 5) is 3.95. The van der Waals surface area contributed by atoms with Crippen molar-refractivity contribution in [1.82, 2.24) is 9.71 Å². The van der Waals surface area contributed by atoms with Gasteiger partial charge in [-0.05, 0) is 18.4 Å². The van der Waals surface area contributed by atoms with E-state index in [2.05, 4.69) is 21.5 Å². The van der Waals surface area contributed by atoms with Gasteiger partial charge in [-0.1, -0.05) is 18.8 Å². The Hall–Kier alpha value is -1.42. The van der Waals surface area contributed by atoms with Gasteiger partial charge >= 0.3 is 0 Å². The molecule has 5 nitrogen and oxygen atoms in total. The number of pyridine rings is 1. The van der Waals surface area contributed by atoms with Gasteiger partial charge in [0.25, 0.3) is 0 Å². The molecule has 2 N–H and O–H groups in total. The molecule has 1 aliphatic carbocycles. The molecule has 0 saturated heterocycles. The van der Waals surface area contributed by atoms with Crippen LogP contribution in [0.15, 0.2) is 23.4 Å². The van der Waals surface area contributed by atoms with Gasteiger partial charge in [0.15, 0.2) is 0 Å². The third kappa shape index (κ3) is 3.07. The Balaban J connectivity index is 2.21. The molecule has 0 aromatic carbocycles. The quantitative estimate of drug-likeness (QED) is 0.761. The zero-order chi connectivity index (χ0) is 13.2. The topological polar surface area (TPSA) is 79.3 Å². The highest BCUT2D eigenvalue weighted by molar-refractivity contribution is 7.89. The first-order valence-electron chi connectivity index (χ1n) is 5.60. The summed E-state index contributed by atoms with van der Waals surface area (Å²) in [5, 5.41) is 8.59. The highest BCUT2D eigenvalue weighted by atomic mass is 32.2. The second-order valence-corrected chi connectivity index (χ2v) is 6.02. The van der Waals surface area contributed by atoms with Crippen LogP contribution in [0, 0.1) is 17.8 Å². The molecule has 2 atom stereocenters. The largest absolute Gasteiger partial charge is 0.384 e. The summed E-state index contributed by atoms with van der Waals surface area (Å²) in [6.45, 7) is 1.73. The molecule has 0 spiro atoms. The van der Waals surface area contributed by atoms with Crippen LogP contribution in [0.4, 0.5) is 0 Å². The van der Waals surface area contributed by atoms with E-state index in [0.29, 0.717) is 11.5 Å². The summed E-state index contributed by atoms with van der Waals surface area (Å²) in [5.74, 6) is 5.48. The number of hydrogen-bond donors (Lipinski definition) is 2. The van der Waals surface area contributed by atoms with E-state index in [1.165, 1.54) is 18.5 Å².